The van der Waals surface area contributed by atoms with Gasteiger partial charge in [0.1, 0.15) is 0 Å². The Morgan fingerprint density at radius 1 is 1.41 bits per heavy atom. The summed E-state index contributed by atoms with van der Waals surface area (Å²) in [6, 6.07) is 7.67. The first-order chi connectivity index (χ1) is 8.06. The lowest BCUT2D eigenvalue weighted by molar-refractivity contribution is 0.274. The maximum Gasteiger partial charge on any atom is 0.0400 e. The van der Waals surface area contributed by atoms with Crippen LogP contribution in [0.2, 0.25) is 0 Å². The second-order valence-corrected chi connectivity index (χ2v) is 6.09. The molecule has 2 nitrogen and oxygen atoms in total. The predicted octanol–water partition coefficient (Wildman–Crippen LogP) is 3.65. The number of rotatable bonds is 3. The third-order valence-corrected chi connectivity index (χ3v) is 4.00. The fourth-order valence-corrected chi connectivity index (χ4v) is 2.70. The Morgan fingerprint density at radius 3 is 2.82 bits per heavy atom. The quantitative estimate of drug-likeness (QED) is 0.916. The molecule has 0 spiro atoms. The van der Waals surface area contributed by atoms with E-state index >= 15 is 0 Å². The Kier molecular flexibility index (Phi) is 4.10. The van der Waals surface area contributed by atoms with Crippen molar-refractivity contribution in [3.05, 3.63) is 28.2 Å². The molecule has 1 aliphatic rings. The summed E-state index contributed by atoms with van der Waals surface area (Å²) in [7, 11) is 0. The molecule has 17 heavy (non-hydrogen) atoms. The van der Waals surface area contributed by atoms with Crippen LogP contribution in [-0.4, -0.2) is 30.1 Å². The summed E-state index contributed by atoms with van der Waals surface area (Å²) in [4.78, 5) is 2.53. The molecule has 1 heterocycles. The summed E-state index contributed by atoms with van der Waals surface area (Å²) in [6.07, 6.45) is 1.24. The number of nitrogens with one attached hydrogen (secondary N) is 1. The average molecular weight is 297 g/mol. The van der Waals surface area contributed by atoms with E-state index in [1.54, 1.807) is 0 Å². The molecule has 0 radical (unpaired) electrons. The van der Waals surface area contributed by atoms with Crippen molar-refractivity contribution in [1.82, 2.24) is 4.90 Å². The second-order valence-electron chi connectivity index (χ2n) is 5.18. The molecule has 1 aliphatic heterocycles. The molecule has 2 rings (SSSR count). The number of hydrogen-bond acceptors (Lipinski definition) is 2. The molecule has 1 aromatic carbocycles. The van der Waals surface area contributed by atoms with Crippen LogP contribution in [-0.2, 0) is 0 Å². The van der Waals surface area contributed by atoms with E-state index in [9.17, 15) is 0 Å². The molecule has 1 aromatic rings. The summed E-state index contributed by atoms with van der Waals surface area (Å²) in [5, 5.41) is 3.66. The van der Waals surface area contributed by atoms with Gasteiger partial charge in [0.05, 0.1) is 0 Å². The lowest BCUT2D eigenvalue weighted by atomic mass is 10.1. The maximum atomic E-state index is 3.66. The summed E-state index contributed by atoms with van der Waals surface area (Å²) in [6.45, 7) is 9.06. The molecular weight excluding hydrogens is 276 g/mol. The second kappa shape index (κ2) is 5.40. The minimum absolute atomic E-state index is 0.588. The van der Waals surface area contributed by atoms with E-state index in [4.69, 9.17) is 0 Å². The Labute approximate surface area is 113 Å². The molecule has 1 atom stereocenters. The van der Waals surface area contributed by atoms with Crippen molar-refractivity contribution in [3.63, 3.8) is 0 Å². The van der Waals surface area contributed by atoms with Gasteiger partial charge in [-0.2, -0.15) is 0 Å². The van der Waals surface area contributed by atoms with Crippen LogP contribution in [0.5, 0.6) is 0 Å². The number of benzene rings is 1. The van der Waals surface area contributed by atoms with Gasteiger partial charge in [-0.25, -0.2) is 0 Å². The molecule has 1 N–H and O–H groups in total. The summed E-state index contributed by atoms with van der Waals surface area (Å²) in [5.41, 5.74) is 2.58. The largest absolute Gasteiger partial charge is 0.381 e. The first kappa shape index (κ1) is 12.9. The number of likely N-dealkylation sites (tertiary alicyclic amines) is 1. The number of hydrogen-bond donors (Lipinski definition) is 1. The van der Waals surface area contributed by atoms with Gasteiger partial charge in [-0.1, -0.05) is 22.0 Å². The highest BCUT2D eigenvalue weighted by Gasteiger charge is 2.24. The predicted molar refractivity (Wildman–Crippen MR) is 77.6 cm³/mol. The highest BCUT2D eigenvalue weighted by atomic mass is 79.9. The van der Waals surface area contributed by atoms with Gasteiger partial charge in [-0.05, 0) is 44.9 Å². The zero-order valence-electron chi connectivity index (χ0n) is 10.8. The molecule has 1 saturated heterocycles. The topological polar surface area (TPSA) is 15.3 Å². The lowest BCUT2D eigenvalue weighted by Crippen LogP contribution is -2.31. The van der Waals surface area contributed by atoms with Crippen LogP contribution in [0.1, 0.15) is 25.8 Å². The minimum atomic E-state index is 0.588. The van der Waals surface area contributed by atoms with Crippen LogP contribution in [0.25, 0.3) is 0 Å². The van der Waals surface area contributed by atoms with Crippen LogP contribution in [0.4, 0.5) is 5.69 Å². The smallest absolute Gasteiger partial charge is 0.0400 e. The number of nitrogens with zero attached hydrogens (tertiary/aromatic N) is 1. The van der Waals surface area contributed by atoms with Crippen molar-refractivity contribution in [2.75, 3.05) is 18.4 Å². The Hall–Kier alpha value is -0.540. The van der Waals surface area contributed by atoms with Gasteiger partial charge in [0, 0.05) is 35.3 Å². The van der Waals surface area contributed by atoms with Gasteiger partial charge in [-0.3, -0.25) is 4.90 Å². The fourth-order valence-electron chi connectivity index (χ4n) is 2.34. The summed E-state index contributed by atoms with van der Waals surface area (Å²) in [5.74, 6) is 0. The van der Waals surface area contributed by atoms with Gasteiger partial charge >= 0.3 is 0 Å². The van der Waals surface area contributed by atoms with Crippen molar-refractivity contribution in [2.45, 2.75) is 39.3 Å². The zero-order valence-corrected chi connectivity index (χ0v) is 12.4. The Morgan fingerprint density at radius 2 is 2.18 bits per heavy atom. The minimum Gasteiger partial charge on any atom is -0.381 e. The zero-order chi connectivity index (χ0) is 12.4. The molecule has 0 saturated carbocycles. The molecule has 1 fully saturated rings. The normalized spacial score (nSPS) is 21.1. The first-order valence-corrected chi connectivity index (χ1v) is 7.12. The monoisotopic (exact) mass is 296 g/mol. The van der Waals surface area contributed by atoms with Crippen LogP contribution in [0, 0.1) is 6.92 Å². The van der Waals surface area contributed by atoms with Gasteiger partial charge in [0.15, 0.2) is 0 Å². The standard InChI is InChI=1S/C14H21BrN2/c1-10(2)17-7-6-13(9-17)16-14-8-12(15)5-4-11(14)3/h4-5,8,10,13,16H,6-7,9H2,1-3H3. The Balaban J connectivity index is 2.00. The fraction of sp³-hybridized carbons (Fsp3) is 0.571. The van der Waals surface area contributed by atoms with Crippen molar-refractivity contribution < 1.29 is 0 Å². The molecule has 0 aliphatic carbocycles. The van der Waals surface area contributed by atoms with Gasteiger partial charge in [0.25, 0.3) is 0 Å². The molecule has 0 bridgehead atoms. The van der Waals surface area contributed by atoms with Gasteiger partial charge < -0.3 is 5.32 Å². The van der Waals surface area contributed by atoms with E-state index in [-0.39, 0.29) is 0 Å². The maximum absolute atomic E-state index is 3.66. The van der Waals surface area contributed by atoms with Crippen molar-refractivity contribution in [1.29, 1.82) is 0 Å². The molecule has 0 amide bonds. The summed E-state index contributed by atoms with van der Waals surface area (Å²) < 4.78 is 1.14. The van der Waals surface area contributed by atoms with Crippen LogP contribution in [0.15, 0.2) is 22.7 Å². The van der Waals surface area contributed by atoms with E-state index in [0.29, 0.717) is 12.1 Å². The number of anilines is 1. The van der Waals surface area contributed by atoms with Crippen LogP contribution >= 0.6 is 15.9 Å². The molecule has 0 aromatic heterocycles. The molecular formula is C14H21BrN2. The Bertz CT molecular complexity index is 390. The van der Waals surface area contributed by atoms with E-state index in [0.717, 1.165) is 11.0 Å². The van der Waals surface area contributed by atoms with Crippen molar-refractivity contribution in [3.8, 4) is 0 Å². The highest BCUT2D eigenvalue weighted by molar-refractivity contribution is 9.10. The SMILES string of the molecule is Cc1ccc(Br)cc1NC1CCN(C(C)C)C1. The van der Waals surface area contributed by atoms with E-state index < -0.39 is 0 Å². The van der Waals surface area contributed by atoms with Gasteiger partial charge in [-0.15, -0.1) is 0 Å². The van der Waals surface area contributed by atoms with Crippen LogP contribution < -0.4 is 5.32 Å². The van der Waals surface area contributed by atoms with Crippen molar-refractivity contribution in [2.24, 2.45) is 0 Å². The van der Waals surface area contributed by atoms with Crippen LogP contribution in [0.3, 0.4) is 0 Å². The van der Waals surface area contributed by atoms with E-state index in [1.807, 2.05) is 0 Å². The third-order valence-electron chi connectivity index (χ3n) is 3.51. The average Bonchev–Trinajstić information content (AvgIpc) is 2.72. The highest BCUT2D eigenvalue weighted by Crippen LogP contribution is 2.23. The lowest BCUT2D eigenvalue weighted by Gasteiger charge is -2.21. The first-order valence-electron chi connectivity index (χ1n) is 6.33. The van der Waals surface area contributed by atoms with E-state index in [2.05, 4.69) is 65.1 Å². The molecule has 94 valence electrons. The number of aryl methyl sites for hydroxylation is 1. The van der Waals surface area contributed by atoms with Gasteiger partial charge in [0.2, 0.25) is 0 Å². The van der Waals surface area contributed by atoms with Crippen molar-refractivity contribution >= 4 is 21.6 Å². The third kappa shape index (κ3) is 3.23. The number of halogens is 1. The summed E-state index contributed by atoms with van der Waals surface area (Å²) >= 11 is 3.53. The molecule has 3 heteroatoms. The molecule has 1 unspecified atom stereocenters. The van der Waals surface area contributed by atoms with E-state index in [1.165, 1.54) is 24.2 Å².